The Balaban J connectivity index is 2.33. The van der Waals surface area contributed by atoms with Crippen molar-refractivity contribution < 1.29 is 4.39 Å². The molecule has 0 amide bonds. The summed E-state index contributed by atoms with van der Waals surface area (Å²) in [4.78, 5) is 4.65. The molecule has 3 rings (SSSR count). The third-order valence-electron chi connectivity index (χ3n) is 3.31. The molecule has 0 aliphatic carbocycles. The molecular formula is C16H18FN3. The molecular weight excluding hydrogens is 253 g/mol. The number of imidazole rings is 1. The first-order chi connectivity index (χ1) is 9.37. The average molecular weight is 271 g/mol. The van der Waals surface area contributed by atoms with Crippen molar-refractivity contribution >= 4 is 22.2 Å². The SMILES string of the molecule is Cc1c(NC(C)(C)C)nc2c3ccccc3c(F)cn12. The summed E-state index contributed by atoms with van der Waals surface area (Å²) in [5, 5.41) is 4.80. The fourth-order valence-electron chi connectivity index (χ4n) is 2.40. The van der Waals surface area contributed by atoms with Crippen LogP contribution in [0.5, 0.6) is 0 Å². The number of aryl methyl sites for hydroxylation is 1. The number of anilines is 1. The van der Waals surface area contributed by atoms with Crippen molar-refractivity contribution in [2.24, 2.45) is 0 Å². The van der Waals surface area contributed by atoms with Crippen LogP contribution in [0, 0.1) is 12.7 Å². The van der Waals surface area contributed by atoms with Gasteiger partial charge in [0.25, 0.3) is 0 Å². The van der Waals surface area contributed by atoms with Crippen LogP contribution < -0.4 is 5.32 Å². The minimum absolute atomic E-state index is 0.0863. The Morgan fingerprint density at radius 1 is 1.15 bits per heavy atom. The molecule has 1 N–H and O–H groups in total. The van der Waals surface area contributed by atoms with Crippen LogP contribution >= 0.6 is 0 Å². The zero-order valence-corrected chi connectivity index (χ0v) is 12.2. The molecule has 3 nitrogen and oxygen atoms in total. The maximum absolute atomic E-state index is 14.2. The van der Waals surface area contributed by atoms with Gasteiger partial charge in [0, 0.05) is 22.5 Å². The minimum atomic E-state index is -0.226. The topological polar surface area (TPSA) is 29.3 Å². The van der Waals surface area contributed by atoms with E-state index in [0.717, 1.165) is 22.5 Å². The molecule has 0 aliphatic rings. The average Bonchev–Trinajstić information content (AvgIpc) is 2.66. The van der Waals surface area contributed by atoms with Crippen molar-refractivity contribution in [3.8, 4) is 0 Å². The predicted molar refractivity (Wildman–Crippen MR) is 80.8 cm³/mol. The number of hydrogen-bond donors (Lipinski definition) is 1. The van der Waals surface area contributed by atoms with Gasteiger partial charge >= 0.3 is 0 Å². The number of nitrogens with one attached hydrogen (secondary N) is 1. The molecule has 0 atom stereocenters. The molecule has 0 saturated heterocycles. The zero-order chi connectivity index (χ0) is 14.5. The van der Waals surface area contributed by atoms with Crippen LogP contribution in [0.1, 0.15) is 26.5 Å². The molecule has 104 valence electrons. The van der Waals surface area contributed by atoms with Gasteiger partial charge in [-0.2, -0.15) is 0 Å². The van der Waals surface area contributed by atoms with E-state index in [4.69, 9.17) is 0 Å². The van der Waals surface area contributed by atoms with Gasteiger partial charge < -0.3 is 5.32 Å². The summed E-state index contributed by atoms with van der Waals surface area (Å²) in [6.07, 6.45) is 1.51. The summed E-state index contributed by atoms with van der Waals surface area (Å²) in [6, 6.07) is 7.43. The predicted octanol–water partition coefficient (Wildman–Crippen LogP) is 4.15. The van der Waals surface area contributed by atoms with Crippen LogP contribution in [0.2, 0.25) is 0 Å². The Labute approximate surface area is 117 Å². The number of benzene rings is 1. The van der Waals surface area contributed by atoms with Crippen LogP contribution in [0.15, 0.2) is 30.5 Å². The molecule has 3 aromatic rings. The van der Waals surface area contributed by atoms with Crippen LogP contribution in [0.3, 0.4) is 0 Å². The molecule has 0 saturated carbocycles. The van der Waals surface area contributed by atoms with Crippen molar-refractivity contribution in [1.29, 1.82) is 0 Å². The van der Waals surface area contributed by atoms with Gasteiger partial charge in [-0.1, -0.05) is 24.3 Å². The summed E-state index contributed by atoms with van der Waals surface area (Å²) in [7, 11) is 0. The lowest BCUT2D eigenvalue weighted by Gasteiger charge is -2.20. The van der Waals surface area contributed by atoms with Crippen molar-refractivity contribution in [3.05, 3.63) is 42.0 Å². The number of fused-ring (bicyclic) bond motifs is 3. The number of pyridine rings is 1. The molecule has 0 fully saturated rings. The number of rotatable bonds is 1. The Morgan fingerprint density at radius 2 is 1.80 bits per heavy atom. The van der Waals surface area contributed by atoms with Gasteiger partial charge in [-0.15, -0.1) is 0 Å². The molecule has 0 spiro atoms. The lowest BCUT2D eigenvalue weighted by Crippen LogP contribution is -2.26. The Morgan fingerprint density at radius 3 is 2.45 bits per heavy atom. The molecule has 4 heteroatoms. The molecule has 20 heavy (non-hydrogen) atoms. The first kappa shape index (κ1) is 12.9. The Bertz CT molecular complexity index is 797. The molecule has 0 aliphatic heterocycles. The molecule has 0 unspecified atom stereocenters. The van der Waals surface area contributed by atoms with Crippen LogP contribution in [0.25, 0.3) is 16.4 Å². The summed E-state index contributed by atoms with van der Waals surface area (Å²) >= 11 is 0. The van der Waals surface area contributed by atoms with Crippen molar-refractivity contribution in [2.45, 2.75) is 33.2 Å². The van der Waals surface area contributed by atoms with Crippen LogP contribution in [-0.4, -0.2) is 14.9 Å². The van der Waals surface area contributed by atoms with Gasteiger partial charge in [0.2, 0.25) is 0 Å². The Kier molecular flexibility index (Phi) is 2.71. The highest BCUT2D eigenvalue weighted by Crippen LogP contribution is 2.27. The van der Waals surface area contributed by atoms with Gasteiger partial charge in [-0.3, -0.25) is 4.40 Å². The van der Waals surface area contributed by atoms with E-state index in [2.05, 4.69) is 31.1 Å². The maximum atomic E-state index is 14.2. The zero-order valence-electron chi connectivity index (χ0n) is 12.2. The number of hydrogen-bond acceptors (Lipinski definition) is 2. The van der Waals surface area contributed by atoms with Crippen molar-refractivity contribution in [2.75, 3.05) is 5.32 Å². The maximum Gasteiger partial charge on any atom is 0.148 e. The second-order valence-electron chi connectivity index (χ2n) is 6.14. The first-order valence-corrected chi connectivity index (χ1v) is 6.71. The van der Waals surface area contributed by atoms with Gasteiger partial charge in [0.1, 0.15) is 17.3 Å². The summed E-state index contributed by atoms with van der Waals surface area (Å²) < 4.78 is 16.0. The monoisotopic (exact) mass is 271 g/mol. The van der Waals surface area contributed by atoms with Gasteiger partial charge in [-0.25, -0.2) is 9.37 Å². The first-order valence-electron chi connectivity index (χ1n) is 6.71. The highest BCUT2D eigenvalue weighted by Gasteiger charge is 2.17. The van der Waals surface area contributed by atoms with Gasteiger partial charge in [-0.05, 0) is 27.7 Å². The van der Waals surface area contributed by atoms with E-state index >= 15 is 0 Å². The normalized spacial score (nSPS) is 12.2. The third-order valence-corrected chi connectivity index (χ3v) is 3.31. The molecule has 1 aromatic carbocycles. The molecule has 2 heterocycles. The summed E-state index contributed by atoms with van der Waals surface area (Å²) in [6.45, 7) is 8.18. The second-order valence-corrected chi connectivity index (χ2v) is 6.14. The highest BCUT2D eigenvalue weighted by atomic mass is 19.1. The summed E-state index contributed by atoms with van der Waals surface area (Å²) in [5.41, 5.74) is 1.61. The standard InChI is InChI=1S/C16H18FN3/c1-10-14(19-16(2,3)4)18-15-12-8-6-5-7-11(12)13(17)9-20(10)15/h5-9,19H,1-4H3. The lowest BCUT2D eigenvalue weighted by atomic mass is 10.1. The van der Waals surface area contributed by atoms with Gasteiger partial charge in [0.15, 0.2) is 0 Å². The van der Waals surface area contributed by atoms with Crippen molar-refractivity contribution in [1.82, 2.24) is 9.38 Å². The van der Waals surface area contributed by atoms with E-state index in [-0.39, 0.29) is 11.4 Å². The number of nitrogens with zero attached hydrogens (tertiary/aromatic N) is 2. The Hall–Kier alpha value is -2.10. The number of aromatic nitrogens is 2. The minimum Gasteiger partial charge on any atom is -0.364 e. The largest absolute Gasteiger partial charge is 0.364 e. The summed E-state index contributed by atoms with van der Waals surface area (Å²) in [5.74, 6) is 0.573. The number of halogens is 1. The van der Waals surface area contributed by atoms with E-state index in [1.807, 2.05) is 29.5 Å². The molecule has 0 radical (unpaired) electrons. The van der Waals surface area contributed by atoms with E-state index in [9.17, 15) is 4.39 Å². The lowest BCUT2D eigenvalue weighted by molar-refractivity contribution is 0.628. The smallest absolute Gasteiger partial charge is 0.148 e. The van der Waals surface area contributed by atoms with Crippen molar-refractivity contribution in [3.63, 3.8) is 0 Å². The van der Waals surface area contributed by atoms with E-state index in [1.165, 1.54) is 6.20 Å². The third kappa shape index (κ3) is 2.01. The molecule has 0 bridgehead atoms. The van der Waals surface area contributed by atoms with E-state index in [1.54, 1.807) is 6.07 Å². The van der Waals surface area contributed by atoms with Gasteiger partial charge in [0.05, 0.1) is 5.69 Å². The van der Waals surface area contributed by atoms with Crippen LogP contribution in [-0.2, 0) is 0 Å². The van der Waals surface area contributed by atoms with Crippen LogP contribution in [0.4, 0.5) is 10.2 Å². The quantitative estimate of drug-likeness (QED) is 0.720. The van der Waals surface area contributed by atoms with E-state index < -0.39 is 0 Å². The molecule has 2 aromatic heterocycles. The van der Waals surface area contributed by atoms with E-state index in [0.29, 0.717) is 5.39 Å². The fraction of sp³-hybridized carbons (Fsp3) is 0.312. The second kappa shape index (κ2) is 4.20. The highest BCUT2D eigenvalue weighted by molar-refractivity contribution is 5.95. The fourth-order valence-corrected chi connectivity index (χ4v) is 2.40.